The summed E-state index contributed by atoms with van der Waals surface area (Å²) in [7, 11) is 0. The molecule has 102 valence electrons. The van der Waals surface area contributed by atoms with Gasteiger partial charge < -0.3 is 5.11 Å². The van der Waals surface area contributed by atoms with Crippen LogP contribution in [0.1, 0.15) is 44.6 Å². The molecule has 0 aliphatic rings. The summed E-state index contributed by atoms with van der Waals surface area (Å²) >= 11 is 0. The third-order valence-electron chi connectivity index (χ3n) is 3.00. The van der Waals surface area contributed by atoms with Gasteiger partial charge >= 0.3 is 0 Å². The Balaban J connectivity index is 2.46. The summed E-state index contributed by atoms with van der Waals surface area (Å²) in [6.45, 7) is 2.07. The summed E-state index contributed by atoms with van der Waals surface area (Å²) in [5.74, 6) is -3.76. The van der Waals surface area contributed by atoms with E-state index >= 15 is 0 Å². The molecule has 1 atom stereocenters. The van der Waals surface area contributed by atoms with E-state index in [0.717, 1.165) is 25.3 Å². The van der Waals surface area contributed by atoms with E-state index in [1.54, 1.807) is 0 Å². The molecule has 4 heteroatoms. The van der Waals surface area contributed by atoms with Crippen LogP contribution < -0.4 is 0 Å². The van der Waals surface area contributed by atoms with Crippen molar-refractivity contribution in [3.63, 3.8) is 0 Å². The summed E-state index contributed by atoms with van der Waals surface area (Å²) < 4.78 is 39.0. The van der Waals surface area contributed by atoms with Crippen LogP contribution in [0.5, 0.6) is 0 Å². The standard InChI is InChI=1S/C14H19F3O/c1-2-3-4-5-11(18)8-6-10-7-9-12(15)14(17)13(10)16/h7,9,11,18H,2-6,8H2,1H3. The second kappa shape index (κ2) is 7.41. The van der Waals surface area contributed by atoms with Crippen molar-refractivity contribution in [1.82, 2.24) is 0 Å². The fraction of sp³-hybridized carbons (Fsp3) is 0.571. The number of benzene rings is 1. The lowest BCUT2D eigenvalue weighted by atomic mass is 10.0. The van der Waals surface area contributed by atoms with Crippen LogP contribution in [0, 0.1) is 17.5 Å². The van der Waals surface area contributed by atoms with Gasteiger partial charge in [0.1, 0.15) is 0 Å². The summed E-state index contributed by atoms with van der Waals surface area (Å²) in [5.41, 5.74) is 0.114. The predicted octanol–water partition coefficient (Wildman–Crippen LogP) is 3.98. The molecule has 0 spiro atoms. The van der Waals surface area contributed by atoms with Gasteiger partial charge in [-0.15, -0.1) is 0 Å². The number of halogens is 3. The molecule has 1 nitrogen and oxygen atoms in total. The van der Waals surface area contributed by atoms with Crippen molar-refractivity contribution in [3.05, 3.63) is 35.1 Å². The number of rotatable bonds is 7. The van der Waals surface area contributed by atoms with E-state index in [9.17, 15) is 18.3 Å². The molecule has 0 radical (unpaired) electrons. The average Bonchev–Trinajstić information content (AvgIpc) is 2.35. The number of unbranched alkanes of at least 4 members (excludes halogenated alkanes) is 2. The lowest BCUT2D eigenvalue weighted by Crippen LogP contribution is -2.09. The molecule has 0 fully saturated rings. The first-order chi connectivity index (χ1) is 8.56. The minimum absolute atomic E-state index is 0.114. The smallest absolute Gasteiger partial charge is 0.194 e. The zero-order chi connectivity index (χ0) is 13.5. The summed E-state index contributed by atoms with van der Waals surface area (Å²) in [6.07, 6.45) is 3.80. The monoisotopic (exact) mass is 260 g/mol. The molecule has 1 aromatic carbocycles. The van der Waals surface area contributed by atoms with Crippen LogP contribution in [-0.2, 0) is 6.42 Å². The van der Waals surface area contributed by atoms with Gasteiger partial charge in [0.25, 0.3) is 0 Å². The zero-order valence-electron chi connectivity index (χ0n) is 10.6. The minimum atomic E-state index is -1.44. The van der Waals surface area contributed by atoms with Crippen LogP contribution in [0.3, 0.4) is 0 Å². The quantitative estimate of drug-likeness (QED) is 0.581. The highest BCUT2D eigenvalue weighted by Gasteiger charge is 2.14. The van der Waals surface area contributed by atoms with Crippen molar-refractivity contribution >= 4 is 0 Å². The van der Waals surface area contributed by atoms with Crippen LogP contribution in [0.2, 0.25) is 0 Å². The van der Waals surface area contributed by atoms with Gasteiger partial charge in [-0.3, -0.25) is 0 Å². The van der Waals surface area contributed by atoms with Gasteiger partial charge in [-0.1, -0.05) is 32.3 Å². The van der Waals surface area contributed by atoms with E-state index in [1.165, 1.54) is 6.07 Å². The molecule has 0 saturated heterocycles. The Bertz CT molecular complexity index is 380. The van der Waals surface area contributed by atoms with Crippen LogP contribution in [0.4, 0.5) is 13.2 Å². The second-order valence-corrected chi connectivity index (χ2v) is 4.52. The largest absolute Gasteiger partial charge is 0.393 e. The number of hydrogen-bond acceptors (Lipinski definition) is 1. The SMILES string of the molecule is CCCCCC(O)CCc1ccc(F)c(F)c1F. The van der Waals surface area contributed by atoms with Gasteiger partial charge in [0.15, 0.2) is 17.5 Å². The molecule has 0 bridgehead atoms. The Labute approximate surface area is 106 Å². The Morgan fingerprint density at radius 3 is 2.44 bits per heavy atom. The fourth-order valence-electron chi connectivity index (χ4n) is 1.86. The molecule has 0 aliphatic carbocycles. The number of aryl methyl sites for hydroxylation is 1. The lowest BCUT2D eigenvalue weighted by molar-refractivity contribution is 0.151. The molecule has 0 aromatic heterocycles. The van der Waals surface area contributed by atoms with E-state index in [4.69, 9.17) is 0 Å². The average molecular weight is 260 g/mol. The van der Waals surface area contributed by atoms with Crippen LogP contribution >= 0.6 is 0 Å². The van der Waals surface area contributed by atoms with Gasteiger partial charge in [-0.25, -0.2) is 13.2 Å². The van der Waals surface area contributed by atoms with Crippen molar-refractivity contribution in [2.75, 3.05) is 0 Å². The van der Waals surface area contributed by atoms with Crippen molar-refractivity contribution in [1.29, 1.82) is 0 Å². The number of aliphatic hydroxyl groups is 1. The minimum Gasteiger partial charge on any atom is -0.393 e. The summed E-state index contributed by atoms with van der Waals surface area (Å²) in [6, 6.07) is 2.14. The van der Waals surface area contributed by atoms with Crippen LogP contribution in [0.25, 0.3) is 0 Å². The van der Waals surface area contributed by atoms with Gasteiger partial charge in [0, 0.05) is 0 Å². The molecule has 18 heavy (non-hydrogen) atoms. The highest BCUT2D eigenvalue weighted by Crippen LogP contribution is 2.18. The fourth-order valence-corrected chi connectivity index (χ4v) is 1.86. The third kappa shape index (κ3) is 4.33. The van der Waals surface area contributed by atoms with Gasteiger partial charge in [-0.05, 0) is 30.9 Å². The Morgan fingerprint density at radius 1 is 1.06 bits per heavy atom. The maximum Gasteiger partial charge on any atom is 0.194 e. The highest BCUT2D eigenvalue weighted by atomic mass is 19.2. The van der Waals surface area contributed by atoms with Crippen LogP contribution in [0.15, 0.2) is 12.1 Å². The number of hydrogen-bond donors (Lipinski definition) is 1. The Hall–Kier alpha value is -1.03. The molecule has 1 aromatic rings. The maximum atomic E-state index is 13.3. The lowest BCUT2D eigenvalue weighted by Gasteiger charge is -2.10. The Kier molecular flexibility index (Phi) is 6.19. The molecule has 0 amide bonds. The molecular formula is C14H19F3O. The van der Waals surface area contributed by atoms with Crippen molar-refractivity contribution in [2.24, 2.45) is 0 Å². The molecule has 1 unspecified atom stereocenters. The summed E-state index contributed by atoms with van der Waals surface area (Å²) in [5, 5.41) is 9.66. The van der Waals surface area contributed by atoms with Crippen molar-refractivity contribution < 1.29 is 18.3 Å². The van der Waals surface area contributed by atoms with E-state index in [2.05, 4.69) is 6.92 Å². The van der Waals surface area contributed by atoms with Crippen molar-refractivity contribution in [3.8, 4) is 0 Å². The number of aliphatic hydroxyl groups excluding tert-OH is 1. The predicted molar refractivity (Wildman–Crippen MR) is 64.8 cm³/mol. The molecule has 1 rings (SSSR count). The van der Waals surface area contributed by atoms with E-state index in [0.29, 0.717) is 12.8 Å². The van der Waals surface area contributed by atoms with Crippen molar-refractivity contribution in [2.45, 2.75) is 51.6 Å². The zero-order valence-corrected chi connectivity index (χ0v) is 10.6. The van der Waals surface area contributed by atoms with Gasteiger partial charge in [-0.2, -0.15) is 0 Å². The third-order valence-corrected chi connectivity index (χ3v) is 3.00. The van der Waals surface area contributed by atoms with Gasteiger partial charge in [0.05, 0.1) is 6.10 Å². The second-order valence-electron chi connectivity index (χ2n) is 4.52. The first-order valence-electron chi connectivity index (χ1n) is 6.36. The van der Waals surface area contributed by atoms with E-state index in [-0.39, 0.29) is 12.0 Å². The molecule has 0 heterocycles. The molecule has 1 N–H and O–H groups in total. The topological polar surface area (TPSA) is 20.2 Å². The first kappa shape index (κ1) is 15.0. The maximum absolute atomic E-state index is 13.3. The van der Waals surface area contributed by atoms with Crippen LogP contribution in [-0.4, -0.2) is 11.2 Å². The first-order valence-corrected chi connectivity index (χ1v) is 6.36. The summed E-state index contributed by atoms with van der Waals surface area (Å²) in [4.78, 5) is 0. The van der Waals surface area contributed by atoms with E-state index in [1.807, 2.05) is 0 Å². The normalized spacial score (nSPS) is 12.7. The van der Waals surface area contributed by atoms with E-state index < -0.39 is 23.6 Å². The molecule has 0 aliphatic heterocycles. The molecular weight excluding hydrogens is 241 g/mol. The highest BCUT2D eigenvalue weighted by molar-refractivity contribution is 5.20. The van der Waals surface area contributed by atoms with Gasteiger partial charge in [0.2, 0.25) is 0 Å². The Morgan fingerprint density at radius 2 is 1.78 bits per heavy atom. The molecule has 0 saturated carbocycles.